The van der Waals surface area contributed by atoms with Gasteiger partial charge in [0.2, 0.25) is 0 Å². The van der Waals surface area contributed by atoms with Gasteiger partial charge in [-0.15, -0.1) is 0 Å². The van der Waals surface area contributed by atoms with Crippen molar-refractivity contribution in [1.29, 1.82) is 0 Å². The van der Waals surface area contributed by atoms with Gasteiger partial charge in [-0.2, -0.15) is 0 Å². The van der Waals surface area contributed by atoms with E-state index in [4.69, 9.17) is 9.73 Å². The number of nitrogens with zero attached hydrogens (tertiary/aromatic N) is 1. The number of ether oxygens (including phenoxy) is 1. The molecule has 1 aliphatic heterocycles. The Hall–Kier alpha value is -2.35. The normalized spacial score (nSPS) is 14.1. The largest absolute Gasteiger partial charge is 0.494 e. The highest BCUT2D eigenvalue weighted by atomic mass is 16.5. The van der Waals surface area contributed by atoms with Crippen LogP contribution in [-0.4, -0.2) is 6.61 Å². The lowest BCUT2D eigenvalue weighted by Gasteiger charge is -2.09. The van der Waals surface area contributed by atoms with Gasteiger partial charge in [-0.1, -0.05) is 0 Å². The van der Waals surface area contributed by atoms with Crippen LogP contribution in [0.25, 0.3) is 17.3 Å². The zero-order valence-corrected chi connectivity index (χ0v) is 14.4. The summed E-state index contributed by atoms with van der Waals surface area (Å²) in [4.78, 5) is 4.92. The lowest BCUT2D eigenvalue weighted by Crippen LogP contribution is -2.31. The Balaban J connectivity index is 2.15. The maximum atomic E-state index is 5.66. The van der Waals surface area contributed by atoms with E-state index in [0.29, 0.717) is 6.61 Å². The first kappa shape index (κ1) is 14.3. The summed E-state index contributed by atoms with van der Waals surface area (Å²) in [6.07, 6.45) is 2.31. The summed E-state index contributed by atoms with van der Waals surface area (Å²) < 4.78 is 5.66. The quantitative estimate of drug-likeness (QED) is 0.827. The molecule has 0 atom stereocenters. The lowest BCUT2D eigenvalue weighted by atomic mass is 9.96. The minimum atomic E-state index is 0.683. The number of hydrogen-bond donors (Lipinski definition) is 0. The smallest absolute Gasteiger partial charge is 0.120 e. The molecule has 2 aromatic carbocycles. The Kier molecular flexibility index (Phi) is 2.99. The topological polar surface area (TPSA) is 21.6 Å². The van der Waals surface area contributed by atoms with Crippen molar-refractivity contribution in [1.82, 2.24) is 0 Å². The van der Waals surface area contributed by atoms with Crippen molar-refractivity contribution in [2.45, 2.75) is 34.6 Å². The van der Waals surface area contributed by atoms with Crippen molar-refractivity contribution >= 4 is 17.3 Å². The van der Waals surface area contributed by atoms with Gasteiger partial charge in [0.05, 0.1) is 17.7 Å². The first-order valence-electron chi connectivity index (χ1n) is 8.21. The van der Waals surface area contributed by atoms with Gasteiger partial charge < -0.3 is 4.74 Å². The molecule has 0 unspecified atom stereocenters. The summed E-state index contributed by atoms with van der Waals surface area (Å²) in [5, 5.41) is 4.90. The Morgan fingerprint density at radius 3 is 2.43 bits per heavy atom. The molecule has 0 radical (unpaired) electrons. The number of rotatable bonds is 2. The summed E-state index contributed by atoms with van der Waals surface area (Å²) >= 11 is 0. The van der Waals surface area contributed by atoms with Gasteiger partial charge in [0, 0.05) is 16.0 Å². The van der Waals surface area contributed by atoms with Crippen LogP contribution in [0.4, 0.5) is 0 Å². The average molecular weight is 303 g/mol. The zero-order valence-electron chi connectivity index (χ0n) is 14.4. The molecule has 23 heavy (non-hydrogen) atoms. The molecule has 0 saturated carbocycles. The Morgan fingerprint density at radius 2 is 1.70 bits per heavy atom. The Bertz CT molecular complexity index is 1100. The first-order valence-corrected chi connectivity index (χ1v) is 8.21. The molecular formula is C21H21NO. The molecule has 2 aromatic rings. The van der Waals surface area contributed by atoms with Gasteiger partial charge in [-0.05, 0) is 86.4 Å². The Labute approximate surface area is 136 Å². The summed E-state index contributed by atoms with van der Waals surface area (Å²) in [5.41, 5.74) is 7.87. The molecule has 0 saturated heterocycles. The van der Waals surface area contributed by atoms with Crippen molar-refractivity contribution in [2.24, 2.45) is 4.99 Å². The van der Waals surface area contributed by atoms with Crippen molar-refractivity contribution < 1.29 is 4.74 Å². The van der Waals surface area contributed by atoms with Crippen LogP contribution in [0.5, 0.6) is 5.75 Å². The predicted molar refractivity (Wildman–Crippen MR) is 94.3 cm³/mol. The van der Waals surface area contributed by atoms with E-state index in [9.17, 15) is 0 Å². The third kappa shape index (κ3) is 1.84. The molecule has 0 fully saturated rings. The van der Waals surface area contributed by atoms with E-state index in [1.807, 2.05) is 13.0 Å². The molecule has 0 spiro atoms. The molecule has 2 heteroatoms. The standard InChI is InChI=1S/C21H21NO/c1-6-23-15-7-8-19-17(9-15)18-10-16-13(4)11(2)12(3)14(5)20(16)21(18)22-19/h7-10H,6H2,1-5H3. The van der Waals surface area contributed by atoms with Gasteiger partial charge in [0.15, 0.2) is 0 Å². The highest BCUT2D eigenvalue weighted by Gasteiger charge is 2.21. The van der Waals surface area contributed by atoms with Crippen molar-refractivity contribution in [3.05, 3.63) is 61.5 Å². The fourth-order valence-corrected chi connectivity index (χ4v) is 3.70. The van der Waals surface area contributed by atoms with Crippen LogP contribution >= 0.6 is 0 Å². The monoisotopic (exact) mass is 303 g/mol. The zero-order chi connectivity index (χ0) is 16.3. The van der Waals surface area contributed by atoms with Crippen LogP contribution in [0.3, 0.4) is 0 Å². The molecule has 1 heterocycles. The van der Waals surface area contributed by atoms with E-state index in [1.165, 1.54) is 43.5 Å². The Morgan fingerprint density at radius 1 is 0.957 bits per heavy atom. The fourth-order valence-electron chi connectivity index (χ4n) is 3.70. The van der Waals surface area contributed by atoms with E-state index in [-0.39, 0.29) is 0 Å². The summed E-state index contributed by atoms with van der Waals surface area (Å²) in [6.45, 7) is 11.6. The fraction of sp³-hybridized carbons (Fsp3) is 0.286. The molecule has 2 aliphatic rings. The third-order valence-electron chi connectivity index (χ3n) is 5.32. The van der Waals surface area contributed by atoms with Crippen LogP contribution in [0, 0.1) is 27.7 Å². The summed E-state index contributed by atoms with van der Waals surface area (Å²) in [7, 11) is 0. The van der Waals surface area contributed by atoms with Crippen molar-refractivity contribution in [3.63, 3.8) is 0 Å². The molecule has 1 aliphatic carbocycles. The molecule has 0 aromatic heterocycles. The molecule has 0 amide bonds. The highest BCUT2D eigenvalue weighted by molar-refractivity contribution is 6.07. The number of hydrogen-bond acceptors (Lipinski definition) is 2. The summed E-state index contributed by atoms with van der Waals surface area (Å²) in [5.74, 6) is 0.917. The summed E-state index contributed by atoms with van der Waals surface area (Å²) in [6, 6.07) is 6.19. The van der Waals surface area contributed by atoms with Crippen LogP contribution < -0.4 is 25.8 Å². The average Bonchev–Trinajstić information content (AvgIpc) is 3.07. The number of fused-ring (bicyclic) bond motifs is 3. The minimum Gasteiger partial charge on any atom is -0.494 e. The van der Waals surface area contributed by atoms with Crippen LogP contribution in [0.2, 0.25) is 0 Å². The van der Waals surface area contributed by atoms with Gasteiger partial charge in [0.25, 0.3) is 0 Å². The van der Waals surface area contributed by atoms with Crippen LogP contribution in [0.1, 0.15) is 29.2 Å². The van der Waals surface area contributed by atoms with E-state index >= 15 is 0 Å². The first-order chi connectivity index (χ1) is 11.0. The molecule has 4 rings (SSSR count). The highest BCUT2D eigenvalue weighted by Crippen LogP contribution is 2.22. The second-order valence-electron chi connectivity index (χ2n) is 6.42. The molecular weight excluding hydrogens is 282 g/mol. The van der Waals surface area contributed by atoms with Crippen molar-refractivity contribution in [2.75, 3.05) is 6.61 Å². The molecule has 0 bridgehead atoms. The maximum absolute atomic E-state index is 5.66. The maximum Gasteiger partial charge on any atom is 0.120 e. The van der Waals surface area contributed by atoms with Gasteiger partial charge in [-0.3, -0.25) is 0 Å². The van der Waals surface area contributed by atoms with Gasteiger partial charge >= 0.3 is 0 Å². The molecule has 2 nitrogen and oxygen atoms in total. The SMILES string of the molecule is CCOc1ccc2c(c1)=C1C=c3c(C)c(C)c(C)c(C)c3=C1N=2. The minimum absolute atomic E-state index is 0.683. The second-order valence-corrected chi connectivity index (χ2v) is 6.42. The van der Waals surface area contributed by atoms with Crippen LogP contribution in [0.15, 0.2) is 23.2 Å². The van der Waals surface area contributed by atoms with E-state index in [0.717, 1.165) is 16.8 Å². The molecule has 0 N–H and O–H groups in total. The second kappa shape index (κ2) is 4.82. The molecule has 116 valence electrons. The number of benzene rings is 2. The van der Waals surface area contributed by atoms with Crippen molar-refractivity contribution in [3.8, 4) is 5.75 Å². The van der Waals surface area contributed by atoms with E-state index in [1.54, 1.807) is 0 Å². The van der Waals surface area contributed by atoms with Gasteiger partial charge in [0.1, 0.15) is 5.75 Å². The van der Waals surface area contributed by atoms with Crippen LogP contribution in [-0.2, 0) is 0 Å². The predicted octanol–water partition coefficient (Wildman–Crippen LogP) is 1.71. The third-order valence-corrected chi connectivity index (χ3v) is 5.32. The van der Waals surface area contributed by atoms with E-state index < -0.39 is 0 Å². The lowest BCUT2D eigenvalue weighted by molar-refractivity contribution is 0.340. The van der Waals surface area contributed by atoms with E-state index in [2.05, 4.69) is 45.9 Å². The van der Waals surface area contributed by atoms with Gasteiger partial charge in [-0.25, -0.2) is 4.99 Å².